The lowest BCUT2D eigenvalue weighted by Crippen LogP contribution is -2.07. The van der Waals surface area contributed by atoms with Crippen LogP contribution in [0, 0.1) is 11.6 Å². The molecule has 0 fully saturated rings. The minimum atomic E-state index is -3.83. The minimum Gasteiger partial charge on any atom is -0.475 e. The molecule has 0 amide bonds. The first-order valence-electron chi connectivity index (χ1n) is 7.21. The average Bonchev–Trinajstić information content (AvgIpc) is 3.05. The maximum atomic E-state index is 13.8. The summed E-state index contributed by atoms with van der Waals surface area (Å²) in [4.78, 5) is 4.21. The van der Waals surface area contributed by atoms with Crippen LogP contribution in [0.15, 0.2) is 59.4 Å². The normalized spacial score (nSPS) is 16.9. The molecule has 0 spiro atoms. The van der Waals surface area contributed by atoms with Crippen molar-refractivity contribution in [2.75, 3.05) is 6.61 Å². The van der Waals surface area contributed by atoms with Crippen molar-refractivity contribution < 1.29 is 26.1 Å². The smallest absolute Gasteiger partial charge is 0.331 e. The van der Waals surface area contributed by atoms with Gasteiger partial charge in [-0.05, 0) is 29.8 Å². The zero-order chi connectivity index (χ0) is 18.0. The predicted molar refractivity (Wildman–Crippen MR) is 87.8 cm³/mol. The van der Waals surface area contributed by atoms with Gasteiger partial charge in [-0.25, -0.2) is 13.8 Å². The Labute approximate surface area is 143 Å². The van der Waals surface area contributed by atoms with Crippen molar-refractivity contribution in [2.45, 2.75) is 6.04 Å². The van der Waals surface area contributed by atoms with Crippen molar-refractivity contribution in [1.29, 1.82) is 0 Å². The number of benzene rings is 2. The van der Waals surface area contributed by atoms with E-state index >= 15 is 0 Å². The van der Waals surface area contributed by atoms with Crippen molar-refractivity contribution in [3.8, 4) is 5.75 Å². The van der Waals surface area contributed by atoms with E-state index in [1.165, 1.54) is 18.2 Å². The number of nitrogens with zero attached hydrogens (tertiary/aromatic N) is 1. The maximum Gasteiger partial charge on any atom is 0.331 e. The highest BCUT2D eigenvalue weighted by Gasteiger charge is 2.26. The molecule has 1 atom stereocenters. The SMILES string of the molecule is C=CS(=O)(=O)Oc1ccc(C2COC(c3c(F)cccc3F)=N2)cc1. The maximum absolute atomic E-state index is 13.8. The average molecular weight is 365 g/mol. The lowest BCUT2D eigenvalue weighted by atomic mass is 10.1. The largest absolute Gasteiger partial charge is 0.475 e. The topological polar surface area (TPSA) is 65.0 Å². The predicted octanol–water partition coefficient (Wildman–Crippen LogP) is 3.34. The standard InChI is InChI=1S/C17H13F2NO4S/c1-2-25(21,22)24-12-8-6-11(7-9-12)15-10-23-17(20-15)16-13(18)4-3-5-14(16)19/h2-9,15H,1,10H2. The van der Waals surface area contributed by atoms with Crippen LogP contribution in [0.25, 0.3) is 0 Å². The number of ether oxygens (including phenoxy) is 1. The molecule has 0 N–H and O–H groups in total. The molecule has 0 radical (unpaired) electrons. The summed E-state index contributed by atoms with van der Waals surface area (Å²) in [6, 6.07) is 9.17. The summed E-state index contributed by atoms with van der Waals surface area (Å²) in [6.07, 6.45) is 0. The molecule has 0 aliphatic carbocycles. The van der Waals surface area contributed by atoms with Gasteiger partial charge in [-0.3, -0.25) is 0 Å². The Kier molecular flexibility index (Phi) is 4.54. The number of rotatable bonds is 5. The van der Waals surface area contributed by atoms with Gasteiger partial charge in [-0.15, -0.1) is 0 Å². The summed E-state index contributed by atoms with van der Waals surface area (Å²) in [5.74, 6) is -1.49. The number of halogens is 2. The molecule has 8 heteroatoms. The van der Waals surface area contributed by atoms with Crippen LogP contribution in [0.5, 0.6) is 5.75 Å². The molecule has 0 saturated carbocycles. The van der Waals surface area contributed by atoms with Crippen molar-refractivity contribution in [3.05, 3.63) is 77.2 Å². The van der Waals surface area contributed by atoms with Gasteiger partial charge < -0.3 is 8.92 Å². The van der Waals surface area contributed by atoms with Gasteiger partial charge in [0.15, 0.2) is 0 Å². The summed E-state index contributed by atoms with van der Waals surface area (Å²) in [5, 5.41) is 0.700. The van der Waals surface area contributed by atoms with E-state index in [0.29, 0.717) is 11.0 Å². The molecular formula is C17H13F2NO4S. The minimum absolute atomic E-state index is 0.102. The first-order valence-corrected chi connectivity index (χ1v) is 8.68. The van der Waals surface area contributed by atoms with Crippen LogP contribution in [0.3, 0.4) is 0 Å². The third-order valence-corrected chi connectivity index (χ3v) is 4.34. The number of hydrogen-bond donors (Lipinski definition) is 0. The lowest BCUT2D eigenvalue weighted by Gasteiger charge is -2.07. The van der Waals surface area contributed by atoms with E-state index < -0.39 is 27.8 Å². The summed E-state index contributed by atoms with van der Waals surface area (Å²) in [5.41, 5.74) is 0.386. The summed E-state index contributed by atoms with van der Waals surface area (Å²) < 4.78 is 60.3. The van der Waals surface area contributed by atoms with Crippen LogP contribution in [0.4, 0.5) is 8.78 Å². The highest BCUT2D eigenvalue weighted by atomic mass is 32.2. The fourth-order valence-corrected chi connectivity index (χ4v) is 2.74. The zero-order valence-corrected chi connectivity index (χ0v) is 13.7. The second-order valence-electron chi connectivity index (χ2n) is 5.17. The van der Waals surface area contributed by atoms with E-state index in [0.717, 1.165) is 12.1 Å². The first-order chi connectivity index (χ1) is 11.9. The molecule has 2 aromatic rings. The third-order valence-electron chi connectivity index (χ3n) is 3.51. The highest BCUT2D eigenvalue weighted by Crippen LogP contribution is 2.28. The molecule has 2 aromatic carbocycles. The molecule has 0 saturated heterocycles. The molecule has 1 aliphatic heterocycles. The van der Waals surface area contributed by atoms with E-state index in [1.54, 1.807) is 12.1 Å². The number of aliphatic imine (C=N–C) groups is 1. The van der Waals surface area contributed by atoms with Gasteiger partial charge >= 0.3 is 10.1 Å². The molecule has 3 rings (SSSR count). The van der Waals surface area contributed by atoms with E-state index in [9.17, 15) is 17.2 Å². The van der Waals surface area contributed by atoms with Crippen LogP contribution < -0.4 is 4.18 Å². The van der Waals surface area contributed by atoms with Crippen molar-refractivity contribution in [1.82, 2.24) is 0 Å². The van der Waals surface area contributed by atoms with Gasteiger partial charge in [-0.1, -0.05) is 24.8 Å². The fourth-order valence-electron chi connectivity index (χ4n) is 2.30. The Bertz CT molecular complexity index is 919. The zero-order valence-electron chi connectivity index (χ0n) is 12.9. The van der Waals surface area contributed by atoms with Gasteiger partial charge in [0.05, 0.1) is 5.41 Å². The van der Waals surface area contributed by atoms with Crippen LogP contribution in [-0.2, 0) is 14.9 Å². The molecule has 1 heterocycles. The molecular weight excluding hydrogens is 352 g/mol. The van der Waals surface area contributed by atoms with Crippen LogP contribution in [0.2, 0.25) is 0 Å². The Morgan fingerprint density at radius 3 is 2.40 bits per heavy atom. The summed E-state index contributed by atoms with van der Waals surface area (Å²) in [7, 11) is -3.83. The van der Waals surface area contributed by atoms with Crippen molar-refractivity contribution in [3.63, 3.8) is 0 Å². The summed E-state index contributed by atoms with van der Waals surface area (Å²) >= 11 is 0. The van der Waals surface area contributed by atoms with E-state index in [1.807, 2.05) is 0 Å². The third kappa shape index (κ3) is 3.69. The Hall–Kier alpha value is -2.74. The Morgan fingerprint density at radius 1 is 1.16 bits per heavy atom. The van der Waals surface area contributed by atoms with Gasteiger partial charge in [-0.2, -0.15) is 8.42 Å². The second-order valence-corrected chi connectivity index (χ2v) is 6.66. The Balaban J connectivity index is 1.82. The number of hydrogen-bond acceptors (Lipinski definition) is 5. The molecule has 0 bridgehead atoms. The van der Waals surface area contributed by atoms with Gasteiger partial charge in [0.25, 0.3) is 0 Å². The Morgan fingerprint density at radius 2 is 1.80 bits per heavy atom. The van der Waals surface area contributed by atoms with Crippen molar-refractivity contribution in [2.24, 2.45) is 4.99 Å². The fraction of sp³-hybridized carbons (Fsp3) is 0.118. The van der Waals surface area contributed by atoms with Crippen LogP contribution >= 0.6 is 0 Å². The van der Waals surface area contributed by atoms with Gasteiger partial charge in [0.2, 0.25) is 5.90 Å². The monoisotopic (exact) mass is 365 g/mol. The summed E-state index contributed by atoms with van der Waals surface area (Å²) in [6.45, 7) is 3.27. The van der Waals surface area contributed by atoms with Crippen LogP contribution in [-0.4, -0.2) is 20.9 Å². The lowest BCUT2D eigenvalue weighted by molar-refractivity contribution is 0.317. The van der Waals surface area contributed by atoms with E-state index in [2.05, 4.69) is 11.6 Å². The van der Waals surface area contributed by atoms with Gasteiger partial charge in [0, 0.05) is 0 Å². The molecule has 1 unspecified atom stereocenters. The molecule has 5 nitrogen and oxygen atoms in total. The molecule has 25 heavy (non-hydrogen) atoms. The molecule has 0 aromatic heterocycles. The van der Waals surface area contributed by atoms with E-state index in [4.69, 9.17) is 8.92 Å². The van der Waals surface area contributed by atoms with Crippen LogP contribution in [0.1, 0.15) is 17.2 Å². The van der Waals surface area contributed by atoms with Crippen molar-refractivity contribution >= 4 is 16.0 Å². The first kappa shape index (κ1) is 17.1. The quantitative estimate of drug-likeness (QED) is 0.763. The van der Waals surface area contributed by atoms with Gasteiger partial charge in [0.1, 0.15) is 35.6 Å². The molecule has 1 aliphatic rings. The highest BCUT2D eigenvalue weighted by molar-refractivity contribution is 7.90. The van der Waals surface area contributed by atoms with E-state index in [-0.39, 0.29) is 23.8 Å². The molecule has 130 valence electrons. The second kappa shape index (κ2) is 6.64.